The Hall–Kier alpha value is -1.09. The van der Waals surface area contributed by atoms with Crippen LogP contribution in [-0.4, -0.2) is 32.3 Å². The molecule has 1 heterocycles. The van der Waals surface area contributed by atoms with E-state index in [1.807, 2.05) is 12.1 Å². The van der Waals surface area contributed by atoms with E-state index in [-0.39, 0.29) is 12.1 Å². The minimum Gasteiger partial charge on any atom is -0.378 e. The van der Waals surface area contributed by atoms with Crippen LogP contribution in [-0.2, 0) is 4.74 Å². The van der Waals surface area contributed by atoms with Crippen LogP contribution in [0.5, 0.6) is 0 Å². The van der Waals surface area contributed by atoms with Crippen LogP contribution in [0.2, 0.25) is 0 Å². The van der Waals surface area contributed by atoms with Crippen molar-refractivity contribution in [2.75, 3.05) is 25.5 Å². The standard InChI is InChI=1S/C12H14BrN3O/c1-17-12-7-15-6-11(12)16-9-3-2-8(5-14)10(13)4-9/h2-4,11-12,15-16H,6-7H2,1H3/t11?,12-/m0/s1. The van der Waals surface area contributed by atoms with E-state index in [9.17, 15) is 0 Å². The molecule has 1 aromatic carbocycles. The fourth-order valence-corrected chi connectivity index (χ4v) is 2.42. The van der Waals surface area contributed by atoms with Crippen molar-refractivity contribution in [2.45, 2.75) is 12.1 Å². The lowest BCUT2D eigenvalue weighted by Gasteiger charge is -2.20. The molecule has 0 bridgehead atoms. The molecule has 0 aromatic heterocycles. The summed E-state index contributed by atoms with van der Waals surface area (Å²) in [5.41, 5.74) is 1.63. The molecule has 1 aliphatic heterocycles. The molecule has 1 aromatic rings. The number of nitrogens with one attached hydrogen (secondary N) is 2. The number of benzene rings is 1. The zero-order valence-electron chi connectivity index (χ0n) is 9.53. The van der Waals surface area contributed by atoms with Gasteiger partial charge in [-0.25, -0.2) is 0 Å². The van der Waals surface area contributed by atoms with Gasteiger partial charge in [-0.1, -0.05) is 0 Å². The van der Waals surface area contributed by atoms with Gasteiger partial charge in [0.05, 0.1) is 17.7 Å². The molecule has 1 fully saturated rings. The van der Waals surface area contributed by atoms with Gasteiger partial charge in [0.25, 0.3) is 0 Å². The first-order valence-corrected chi connectivity index (χ1v) is 6.23. The lowest BCUT2D eigenvalue weighted by atomic mass is 10.1. The van der Waals surface area contributed by atoms with Gasteiger partial charge in [0.2, 0.25) is 0 Å². The zero-order chi connectivity index (χ0) is 12.3. The van der Waals surface area contributed by atoms with E-state index < -0.39 is 0 Å². The van der Waals surface area contributed by atoms with Crippen molar-refractivity contribution < 1.29 is 4.74 Å². The first kappa shape index (κ1) is 12.4. The lowest BCUT2D eigenvalue weighted by Crippen LogP contribution is -2.33. The third-order valence-corrected chi connectivity index (χ3v) is 3.56. The summed E-state index contributed by atoms with van der Waals surface area (Å²) in [6.07, 6.45) is 0.185. The fraction of sp³-hybridized carbons (Fsp3) is 0.417. The molecule has 17 heavy (non-hydrogen) atoms. The first-order valence-electron chi connectivity index (χ1n) is 5.44. The average molecular weight is 296 g/mol. The average Bonchev–Trinajstić information content (AvgIpc) is 2.76. The third-order valence-electron chi connectivity index (χ3n) is 2.90. The molecule has 0 radical (unpaired) electrons. The van der Waals surface area contributed by atoms with Crippen LogP contribution >= 0.6 is 15.9 Å². The van der Waals surface area contributed by atoms with Gasteiger partial charge >= 0.3 is 0 Å². The highest BCUT2D eigenvalue weighted by atomic mass is 79.9. The molecule has 0 spiro atoms. The SMILES string of the molecule is CO[C@H]1CNCC1Nc1ccc(C#N)c(Br)c1. The summed E-state index contributed by atoms with van der Waals surface area (Å²) in [5.74, 6) is 0. The second kappa shape index (κ2) is 5.50. The van der Waals surface area contributed by atoms with E-state index in [1.54, 1.807) is 13.2 Å². The molecule has 4 nitrogen and oxygen atoms in total. The largest absolute Gasteiger partial charge is 0.378 e. The number of nitriles is 1. The van der Waals surface area contributed by atoms with Crippen molar-refractivity contribution in [3.8, 4) is 6.07 Å². The van der Waals surface area contributed by atoms with E-state index in [1.165, 1.54) is 0 Å². The third kappa shape index (κ3) is 2.78. The van der Waals surface area contributed by atoms with Gasteiger partial charge in [-0.15, -0.1) is 0 Å². The highest BCUT2D eigenvalue weighted by molar-refractivity contribution is 9.10. The van der Waals surface area contributed by atoms with Crippen LogP contribution in [0.15, 0.2) is 22.7 Å². The summed E-state index contributed by atoms with van der Waals surface area (Å²) in [4.78, 5) is 0. The van der Waals surface area contributed by atoms with Crippen LogP contribution in [0.25, 0.3) is 0 Å². The topological polar surface area (TPSA) is 57.1 Å². The van der Waals surface area contributed by atoms with Gasteiger partial charge in [0, 0.05) is 30.4 Å². The van der Waals surface area contributed by atoms with Gasteiger partial charge in [-0.3, -0.25) is 0 Å². The van der Waals surface area contributed by atoms with Crippen molar-refractivity contribution in [1.82, 2.24) is 5.32 Å². The van der Waals surface area contributed by atoms with Crippen LogP contribution in [0.4, 0.5) is 5.69 Å². The molecule has 2 atom stereocenters. The molecule has 1 aliphatic rings. The number of hydrogen-bond donors (Lipinski definition) is 2. The lowest BCUT2D eigenvalue weighted by molar-refractivity contribution is 0.111. The molecule has 90 valence electrons. The Kier molecular flexibility index (Phi) is 4.00. The molecule has 2 rings (SSSR count). The zero-order valence-corrected chi connectivity index (χ0v) is 11.1. The van der Waals surface area contributed by atoms with Crippen molar-refractivity contribution in [3.05, 3.63) is 28.2 Å². The van der Waals surface area contributed by atoms with E-state index >= 15 is 0 Å². The number of rotatable bonds is 3. The van der Waals surface area contributed by atoms with Gasteiger partial charge in [-0.05, 0) is 34.1 Å². The number of hydrogen-bond acceptors (Lipinski definition) is 4. The molecule has 1 saturated heterocycles. The van der Waals surface area contributed by atoms with Gasteiger partial charge in [-0.2, -0.15) is 5.26 Å². The molecule has 0 amide bonds. The first-order chi connectivity index (χ1) is 8.24. The van der Waals surface area contributed by atoms with Crippen molar-refractivity contribution in [3.63, 3.8) is 0 Å². The van der Waals surface area contributed by atoms with Gasteiger partial charge in [0.15, 0.2) is 0 Å². The van der Waals surface area contributed by atoms with Crippen molar-refractivity contribution in [1.29, 1.82) is 5.26 Å². The van der Waals surface area contributed by atoms with Crippen LogP contribution in [0, 0.1) is 11.3 Å². The predicted molar refractivity (Wildman–Crippen MR) is 69.9 cm³/mol. The smallest absolute Gasteiger partial charge is 0.100 e. The van der Waals surface area contributed by atoms with Crippen molar-refractivity contribution >= 4 is 21.6 Å². The molecule has 5 heteroatoms. The molecular formula is C12H14BrN3O. The van der Waals surface area contributed by atoms with Crippen LogP contribution in [0.1, 0.15) is 5.56 Å². The van der Waals surface area contributed by atoms with E-state index in [4.69, 9.17) is 10.00 Å². The van der Waals surface area contributed by atoms with Crippen LogP contribution in [0.3, 0.4) is 0 Å². The summed E-state index contributed by atoms with van der Waals surface area (Å²) in [5, 5.41) is 15.5. The number of methoxy groups -OCH3 is 1. The quantitative estimate of drug-likeness (QED) is 0.891. The Bertz CT molecular complexity index is 444. The highest BCUT2D eigenvalue weighted by Gasteiger charge is 2.26. The predicted octanol–water partition coefficient (Wildman–Crippen LogP) is 1.72. The van der Waals surface area contributed by atoms with Gasteiger partial charge in [0.1, 0.15) is 6.07 Å². The second-order valence-corrected chi connectivity index (χ2v) is 4.84. The molecule has 1 unspecified atom stereocenters. The Morgan fingerprint density at radius 2 is 2.35 bits per heavy atom. The van der Waals surface area contributed by atoms with Gasteiger partial charge < -0.3 is 15.4 Å². The summed E-state index contributed by atoms with van der Waals surface area (Å²) < 4.78 is 6.19. The maximum absolute atomic E-state index is 8.84. The Labute approximate surface area is 109 Å². The number of ether oxygens (including phenoxy) is 1. The summed E-state index contributed by atoms with van der Waals surface area (Å²) in [6.45, 7) is 1.75. The molecular weight excluding hydrogens is 282 g/mol. The Morgan fingerprint density at radius 3 is 3.00 bits per heavy atom. The summed E-state index contributed by atoms with van der Waals surface area (Å²) >= 11 is 3.38. The highest BCUT2D eigenvalue weighted by Crippen LogP contribution is 2.22. The monoisotopic (exact) mass is 295 g/mol. The second-order valence-electron chi connectivity index (χ2n) is 3.99. The normalized spacial score (nSPS) is 23.4. The Morgan fingerprint density at radius 1 is 1.53 bits per heavy atom. The number of anilines is 1. The maximum atomic E-state index is 8.84. The van der Waals surface area contributed by atoms with E-state index in [2.05, 4.69) is 32.6 Å². The number of nitrogens with zero attached hydrogens (tertiary/aromatic N) is 1. The van der Waals surface area contributed by atoms with Crippen LogP contribution < -0.4 is 10.6 Å². The Balaban J connectivity index is 2.09. The number of halogens is 1. The van der Waals surface area contributed by atoms with E-state index in [0.29, 0.717) is 5.56 Å². The van der Waals surface area contributed by atoms with Crippen molar-refractivity contribution in [2.24, 2.45) is 0 Å². The molecule has 0 saturated carbocycles. The molecule has 2 N–H and O–H groups in total. The summed E-state index contributed by atoms with van der Waals surface area (Å²) in [6, 6.07) is 8.02. The minimum atomic E-state index is 0.185. The molecule has 0 aliphatic carbocycles. The fourth-order valence-electron chi connectivity index (χ4n) is 1.96. The van der Waals surface area contributed by atoms with E-state index in [0.717, 1.165) is 23.2 Å². The maximum Gasteiger partial charge on any atom is 0.100 e. The minimum absolute atomic E-state index is 0.185. The summed E-state index contributed by atoms with van der Waals surface area (Å²) in [7, 11) is 1.72.